The molecule has 0 aliphatic heterocycles. The van der Waals surface area contributed by atoms with Gasteiger partial charge in [0.25, 0.3) is 5.69 Å². The van der Waals surface area contributed by atoms with Crippen LogP contribution in [-0.4, -0.2) is 30.9 Å². The second-order valence-electron chi connectivity index (χ2n) is 7.87. The van der Waals surface area contributed by atoms with E-state index in [1.54, 1.807) is 0 Å². The Labute approximate surface area is 269 Å². The molecule has 42 heavy (non-hydrogen) atoms. The predicted molar refractivity (Wildman–Crippen MR) is 131 cm³/mol. The third-order valence-electron chi connectivity index (χ3n) is 5.27. The minimum atomic E-state index is -5.38. The molecule has 4 aromatic carbocycles. The number of nitrogens with two attached hydrogens (primary N) is 1. The molecule has 0 bridgehead atoms. The van der Waals surface area contributed by atoms with Gasteiger partial charge < -0.3 is 25.1 Å². The van der Waals surface area contributed by atoms with Crippen molar-refractivity contribution in [2.45, 2.75) is 9.79 Å². The van der Waals surface area contributed by atoms with Crippen LogP contribution in [0.15, 0.2) is 90.9 Å². The Bertz CT molecular complexity index is 1990. The fraction of sp³-hybridized carbons (Fsp3) is 0. The maximum Gasteiger partial charge on any atom is 3.00 e. The molecule has 16 nitrogen and oxygen atoms in total. The molecule has 0 heterocycles. The summed E-state index contributed by atoms with van der Waals surface area (Å²) < 4.78 is 69.9. The summed E-state index contributed by atoms with van der Waals surface area (Å²) in [5.41, 5.74) is 3.50. The number of azo groups is 2. The largest absolute Gasteiger partial charge is 3.00 e. The maximum atomic E-state index is 13.2. The Morgan fingerprint density at radius 3 is 2.02 bits per heavy atom. The monoisotopic (exact) mass is 659 g/mol. The summed E-state index contributed by atoms with van der Waals surface area (Å²) in [6, 6.07) is 10.0. The summed E-state index contributed by atoms with van der Waals surface area (Å²) in [6.45, 7) is 0. The minimum Gasteiger partial charge on any atom is -0.871 e. The molecule has 1 radical (unpaired) electrons. The van der Waals surface area contributed by atoms with Gasteiger partial charge in [0.2, 0.25) is 0 Å². The molecule has 0 aliphatic rings. The molecule has 0 aliphatic carbocycles. The van der Waals surface area contributed by atoms with Gasteiger partial charge >= 0.3 is 46.9 Å². The fourth-order valence-corrected chi connectivity index (χ4v) is 4.56. The van der Waals surface area contributed by atoms with E-state index in [0.717, 1.165) is 36.4 Å². The van der Waals surface area contributed by atoms with Crippen LogP contribution in [0.4, 0.5) is 34.1 Å². The number of rotatable bonds is 7. The van der Waals surface area contributed by atoms with Crippen molar-refractivity contribution < 1.29 is 88.0 Å². The van der Waals surface area contributed by atoms with E-state index in [1.807, 2.05) is 0 Å². The number of nitro benzene ring substituents is 1. The van der Waals surface area contributed by atoms with Gasteiger partial charge in [-0.2, -0.15) is 10.2 Å². The zero-order valence-corrected chi connectivity index (χ0v) is 25.8. The van der Waals surface area contributed by atoms with E-state index in [-0.39, 0.29) is 80.4 Å². The average Bonchev–Trinajstić information content (AvgIpc) is 2.87. The van der Waals surface area contributed by atoms with Gasteiger partial charge in [0, 0.05) is 17.5 Å². The van der Waals surface area contributed by atoms with Crippen molar-refractivity contribution in [2.24, 2.45) is 20.5 Å². The minimum absolute atomic E-state index is 0. The van der Waals surface area contributed by atoms with Crippen molar-refractivity contribution in [2.75, 3.05) is 5.73 Å². The van der Waals surface area contributed by atoms with Crippen molar-refractivity contribution in [1.82, 2.24) is 0 Å². The van der Waals surface area contributed by atoms with Gasteiger partial charge in [-0.1, -0.05) is 23.6 Å². The number of nitrogen functional groups attached to an aromatic ring is 1. The van der Waals surface area contributed by atoms with Crippen LogP contribution in [0.1, 0.15) is 0 Å². The molecule has 20 heteroatoms. The van der Waals surface area contributed by atoms with Gasteiger partial charge in [-0.15, -0.1) is 10.2 Å². The summed E-state index contributed by atoms with van der Waals surface area (Å²) in [5.74, 6) is -1.96. The first-order valence-corrected chi connectivity index (χ1v) is 13.4. The smallest absolute Gasteiger partial charge is 0.871 e. The summed E-state index contributed by atoms with van der Waals surface area (Å²) in [4.78, 5) is 8.25. The first-order chi connectivity index (χ1) is 18.7. The molecule has 2 N–H and O–H groups in total. The number of hydrogen-bond donors (Lipinski definition) is 1. The van der Waals surface area contributed by atoms with Gasteiger partial charge in [-0.25, -0.2) is 16.8 Å². The molecule has 4 aromatic rings. The Morgan fingerprint density at radius 1 is 0.762 bits per heavy atom. The zero-order valence-electron chi connectivity index (χ0n) is 20.9. The number of fused-ring (bicyclic) bond motifs is 1. The number of anilines is 1. The Kier molecular flexibility index (Phi) is 10.9. The molecular formula is C22H12CrN6NaO10S2. The normalized spacial score (nSPS) is 11.9. The van der Waals surface area contributed by atoms with Gasteiger partial charge in [-0.3, -0.25) is 10.1 Å². The van der Waals surface area contributed by atoms with Crippen LogP contribution < -0.4 is 45.5 Å². The molecular weight excluding hydrogens is 647 g/mol. The molecule has 0 atom stereocenters. The molecule has 0 aromatic heterocycles. The molecule has 0 saturated heterocycles. The molecule has 0 fully saturated rings. The Hall–Kier alpha value is -3.51. The van der Waals surface area contributed by atoms with Crippen LogP contribution in [-0.2, 0) is 37.6 Å². The average molecular weight is 659 g/mol. The summed E-state index contributed by atoms with van der Waals surface area (Å²) >= 11 is 0. The third-order valence-corrected chi connectivity index (χ3v) is 6.95. The molecule has 0 unspecified atom stereocenters. The van der Waals surface area contributed by atoms with Crippen LogP contribution in [0.3, 0.4) is 0 Å². The van der Waals surface area contributed by atoms with Gasteiger partial charge in [0.15, 0.2) is 0 Å². The molecule has 0 amide bonds. The van der Waals surface area contributed by atoms with Crippen LogP contribution in [0.25, 0.3) is 10.8 Å². The van der Waals surface area contributed by atoms with E-state index < -0.39 is 57.8 Å². The maximum absolute atomic E-state index is 13.2. The number of nitro groups is 1. The number of nitrogens with zero attached hydrogens (tertiary/aromatic N) is 5. The Balaban J connectivity index is 0.00000308. The van der Waals surface area contributed by atoms with E-state index >= 15 is 0 Å². The fourth-order valence-electron chi connectivity index (χ4n) is 3.42. The SMILES string of the molecule is Nc1ccc2c([O-])c(N=Nc3cccc(S(=O)(=O)[O-])c3)c(S(=O)(=O)[O-])cc2c1N=Nc1ccc([N+](=O)[O-])cc1[O-].[Cr+3].[Na+]. The quantitative estimate of drug-likeness (QED) is 0.0694. The standard InChI is InChI=1S/C22H16N6O10S2.Cr.Na/c23-16-6-5-14-15(20(16)26-25-17-7-4-12(28(31)32)9-18(17)29)10-19(40(36,37)38)21(22(14)30)27-24-11-2-1-3-13(8-11)39(33,34)35;;/h1-10,29-30H,23H2,(H,33,34,35)(H,36,37,38);;/q;+3;+1/p-4. The summed E-state index contributed by atoms with van der Waals surface area (Å²) in [5, 5.41) is 50.4. The number of hydrogen-bond acceptors (Lipinski definition) is 15. The van der Waals surface area contributed by atoms with E-state index in [4.69, 9.17) is 5.73 Å². The van der Waals surface area contributed by atoms with E-state index in [2.05, 4.69) is 20.5 Å². The van der Waals surface area contributed by atoms with E-state index in [0.29, 0.717) is 6.07 Å². The van der Waals surface area contributed by atoms with Crippen molar-refractivity contribution >= 4 is 65.1 Å². The molecule has 0 saturated carbocycles. The van der Waals surface area contributed by atoms with Crippen molar-refractivity contribution in [1.29, 1.82) is 0 Å². The predicted octanol–water partition coefficient (Wildman–Crippen LogP) is 0.118. The van der Waals surface area contributed by atoms with Crippen molar-refractivity contribution in [3.8, 4) is 11.5 Å². The zero-order chi connectivity index (χ0) is 29.4. The van der Waals surface area contributed by atoms with Crippen LogP contribution >= 0.6 is 0 Å². The first-order valence-electron chi connectivity index (χ1n) is 10.5. The molecule has 0 spiro atoms. The van der Waals surface area contributed by atoms with E-state index in [9.17, 15) is 46.3 Å². The number of benzene rings is 4. The van der Waals surface area contributed by atoms with Crippen molar-refractivity contribution in [3.63, 3.8) is 0 Å². The Morgan fingerprint density at radius 2 is 1.43 bits per heavy atom. The first kappa shape index (κ1) is 34.7. The number of non-ortho nitro benzene ring substituents is 1. The van der Waals surface area contributed by atoms with Gasteiger partial charge in [0.1, 0.15) is 25.9 Å². The van der Waals surface area contributed by atoms with Crippen molar-refractivity contribution in [3.05, 3.63) is 70.8 Å². The second-order valence-corrected chi connectivity index (χ2v) is 10.6. The van der Waals surface area contributed by atoms with Gasteiger partial charge in [0.05, 0.1) is 37.5 Å². The van der Waals surface area contributed by atoms with Crippen LogP contribution in [0.2, 0.25) is 0 Å². The van der Waals surface area contributed by atoms with E-state index in [1.165, 1.54) is 18.2 Å². The second kappa shape index (κ2) is 13.2. The molecule has 4 rings (SSSR count). The molecule has 209 valence electrons. The third kappa shape index (κ3) is 7.46. The summed E-state index contributed by atoms with van der Waals surface area (Å²) in [6.07, 6.45) is 0. The summed E-state index contributed by atoms with van der Waals surface area (Å²) in [7, 11) is -10.2. The van der Waals surface area contributed by atoms with Gasteiger partial charge in [-0.05, 0) is 41.8 Å². The topological polar surface area (TPSA) is 279 Å². The van der Waals surface area contributed by atoms with Crippen LogP contribution in [0, 0.1) is 10.1 Å². The van der Waals surface area contributed by atoms with Crippen LogP contribution in [0.5, 0.6) is 11.5 Å².